The van der Waals surface area contributed by atoms with Crippen LogP contribution in [-0.2, 0) is 0 Å². The highest BCUT2D eigenvalue weighted by Gasteiger charge is 2.49. The van der Waals surface area contributed by atoms with Crippen molar-refractivity contribution in [3.8, 4) is 100 Å². The highest BCUT2D eigenvalue weighted by molar-refractivity contribution is 7.22. The molecule has 2 aliphatic rings. The topological polar surface area (TPSA) is 16.3 Å². The maximum Gasteiger partial charge on any atom is 0.180 e. The lowest BCUT2D eigenvalue weighted by molar-refractivity contribution is 1.18. The monoisotopic (exact) mass is 1860 g/mol. The van der Waals surface area contributed by atoms with Crippen molar-refractivity contribution >= 4 is 168 Å². The normalized spacial score (nSPS) is 12.6. The maximum atomic E-state index is 2.58. The predicted molar refractivity (Wildman–Crippen MR) is 618 cm³/mol. The van der Waals surface area contributed by atoms with Crippen molar-refractivity contribution in [3.05, 3.63) is 546 Å². The van der Waals surface area contributed by atoms with E-state index in [1.807, 2.05) is 0 Å². The van der Waals surface area contributed by atoms with E-state index in [1.165, 1.54) is 196 Å². The van der Waals surface area contributed by atoms with Gasteiger partial charge in [-0.2, -0.15) is 0 Å². The standard InChI is InChI=1S/C74H50N2Si.C64H46N2Si/c1-4-24-56(25-5-1)76-70-36-16-14-32-65(70)69-49-68(55-42-47-67-66-33-15-17-37-73(66)77(74(67)48-55,59-26-6-2-7-27-59)60-28-8-3-9-29-60)71(50-72(69)76)75(57-43-38-53(39-44-57)63-34-18-22-51-20-10-12-30-61(51)63)58-45-40-54(41-46-58)64-35-19-23-52-21-11-13-31-62(52)64;1-67(2)63-32-13-11-26-55(63)56-29-16-30-57(64(56)67)59-41-58-54-25-10-12-31-60(54)66(47-21-4-3-5-22-47)62(58)42-61(59)65(48-37-33-45(34-38-48)52-27-14-19-43-17-6-8-23-50(43)52)49-39-35-46(36-40-49)53-28-15-20-44-18-7-9-24-51(44)53/h1-50H;3-42H,1-2H3. The Kier molecular flexibility index (Phi) is 20.7. The molecule has 2 aliphatic heterocycles. The van der Waals surface area contributed by atoms with Gasteiger partial charge in [-0.3, -0.25) is 0 Å². The van der Waals surface area contributed by atoms with E-state index in [0.717, 1.165) is 56.6 Å². The molecule has 0 saturated carbocycles. The van der Waals surface area contributed by atoms with Crippen LogP contribution in [0.4, 0.5) is 34.1 Å². The lowest BCUT2D eigenvalue weighted by atomic mass is 9.94. The van der Waals surface area contributed by atoms with Gasteiger partial charge in [0.1, 0.15) is 8.07 Å². The first-order valence-electron chi connectivity index (χ1n) is 50.0. The fourth-order valence-corrected chi connectivity index (χ4v) is 32.8. The Morgan fingerprint density at radius 1 is 0.174 bits per heavy atom. The molecule has 144 heavy (non-hydrogen) atoms. The van der Waals surface area contributed by atoms with E-state index in [-0.39, 0.29) is 0 Å². The molecule has 0 fully saturated rings. The van der Waals surface area contributed by atoms with E-state index in [4.69, 9.17) is 0 Å². The molecule has 28 rings (SSSR count). The van der Waals surface area contributed by atoms with Crippen LogP contribution in [0.1, 0.15) is 0 Å². The van der Waals surface area contributed by atoms with Gasteiger partial charge in [-0.25, -0.2) is 0 Å². The molecule has 4 heterocycles. The van der Waals surface area contributed by atoms with Crippen LogP contribution in [0.5, 0.6) is 0 Å². The number of hydrogen-bond donors (Lipinski definition) is 0. The van der Waals surface area contributed by atoms with Gasteiger partial charge in [0.2, 0.25) is 0 Å². The largest absolute Gasteiger partial charge is 0.310 e. The molecule has 0 atom stereocenters. The third kappa shape index (κ3) is 14.1. The summed E-state index contributed by atoms with van der Waals surface area (Å²) in [5, 5.41) is 23.5. The molecule has 0 N–H and O–H groups in total. The third-order valence-corrected chi connectivity index (χ3v) is 39.1. The molecule has 0 radical (unpaired) electrons. The first-order valence-corrected chi connectivity index (χ1v) is 55.0. The van der Waals surface area contributed by atoms with E-state index >= 15 is 0 Å². The van der Waals surface area contributed by atoms with E-state index in [0.29, 0.717) is 0 Å². The summed E-state index contributed by atoms with van der Waals surface area (Å²) >= 11 is 0. The summed E-state index contributed by atoms with van der Waals surface area (Å²) < 4.78 is 4.90. The fourth-order valence-electron chi connectivity index (χ4n) is 24.1. The number of nitrogens with zero attached hydrogens (tertiary/aromatic N) is 4. The lowest BCUT2D eigenvalue weighted by Crippen LogP contribution is -2.72. The summed E-state index contributed by atoms with van der Waals surface area (Å²) in [6.07, 6.45) is 0. The number of para-hydroxylation sites is 4. The average Bonchev–Trinajstić information content (AvgIpc) is 1.53. The zero-order valence-corrected chi connectivity index (χ0v) is 81.8. The summed E-state index contributed by atoms with van der Waals surface area (Å²) in [6, 6.07) is 203. The molecule has 0 spiro atoms. The average molecular weight is 1870 g/mol. The number of benzene rings is 24. The zero-order chi connectivity index (χ0) is 95.5. The van der Waals surface area contributed by atoms with Crippen molar-refractivity contribution < 1.29 is 0 Å². The van der Waals surface area contributed by atoms with Gasteiger partial charge >= 0.3 is 0 Å². The van der Waals surface area contributed by atoms with Gasteiger partial charge in [0.25, 0.3) is 0 Å². The Bertz CT molecular complexity index is 9220. The molecule has 0 unspecified atom stereocenters. The minimum atomic E-state index is -2.83. The highest BCUT2D eigenvalue weighted by atomic mass is 28.3. The first-order chi connectivity index (χ1) is 71.2. The van der Waals surface area contributed by atoms with E-state index in [1.54, 1.807) is 0 Å². The van der Waals surface area contributed by atoms with Crippen molar-refractivity contribution in [3.63, 3.8) is 0 Å². The van der Waals surface area contributed by atoms with Gasteiger partial charge in [0.15, 0.2) is 8.07 Å². The van der Waals surface area contributed by atoms with E-state index < -0.39 is 16.1 Å². The van der Waals surface area contributed by atoms with Gasteiger partial charge in [-0.1, -0.05) is 450 Å². The second kappa shape index (κ2) is 35.1. The summed E-state index contributed by atoms with van der Waals surface area (Å²) in [6.45, 7) is 5.08. The van der Waals surface area contributed by atoms with Crippen molar-refractivity contribution in [1.29, 1.82) is 0 Å². The van der Waals surface area contributed by atoms with Crippen molar-refractivity contribution in [1.82, 2.24) is 9.13 Å². The molecule has 2 aromatic heterocycles. The summed E-state index contributed by atoms with van der Waals surface area (Å²) in [5.74, 6) is 0. The number of rotatable bonds is 16. The Balaban J connectivity index is 0.000000145. The fraction of sp³-hybridized carbons (Fsp3) is 0.0145. The molecule has 0 aliphatic carbocycles. The molecule has 676 valence electrons. The molecule has 6 heteroatoms. The van der Waals surface area contributed by atoms with Gasteiger partial charge in [0, 0.05) is 66.8 Å². The Hall–Kier alpha value is -18.0. The van der Waals surface area contributed by atoms with E-state index in [2.05, 4.69) is 578 Å². The molecular formula is C138H96N4Si2. The summed E-state index contributed by atoms with van der Waals surface area (Å²) in [5.41, 5.74) is 33.4. The van der Waals surface area contributed by atoms with Crippen LogP contribution >= 0.6 is 0 Å². The second-order valence-electron chi connectivity index (χ2n) is 38.8. The van der Waals surface area contributed by atoms with Gasteiger partial charge in [0.05, 0.1) is 33.4 Å². The molecule has 4 nitrogen and oxygen atoms in total. The summed E-state index contributed by atoms with van der Waals surface area (Å²) in [4.78, 5) is 5.01. The second-order valence-corrected chi connectivity index (χ2v) is 46.8. The smallest absolute Gasteiger partial charge is 0.180 e. The summed E-state index contributed by atoms with van der Waals surface area (Å²) in [7, 11) is -4.99. The van der Waals surface area contributed by atoms with Gasteiger partial charge in [-0.15, -0.1) is 0 Å². The molecule has 24 aromatic carbocycles. The van der Waals surface area contributed by atoms with Gasteiger partial charge < -0.3 is 18.9 Å². The van der Waals surface area contributed by atoms with E-state index in [9.17, 15) is 0 Å². The highest BCUT2D eigenvalue weighted by Crippen LogP contribution is 2.52. The first kappa shape index (κ1) is 85.2. The van der Waals surface area contributed by atoms with Crippen LogP contribution in [0.2, 0.25) is 13.1 Å². The van der Waals surface area contributed by atoms with Crippen molar-refractivity contribution in [2.24, 2.45) is 0 Å². The minimum absolute atomic E-state index is 1.07. The zero-order valence-electron chi connectivity index (χ0n) is 79.8. The van der Waals surface area contributed by atoms with Crippen molar-refractivity contribution in [2.45, 2.75) is 13.1 Å². The maximum absolute atomic E-state index is 2.83. The number of aromatic nitrogens is 2. The molecule has 0 bridgehead atoms. The number of fused-ring (bicyclic) bond motifs is 16. The van der Waals surface area contributed by atoms with Crippen LogP contribution in [0, 0.1) is 0 Å². The molecular weight excluding hydrogens is 1770 g/mol. The predicted octanol–water partition coefficient (Wildman–Crippen LogP) is 33.3. The van der Waals surface area contributed by atoms with Crippen LogP contribution in [0.25, 0.3) is 187 Å². The number of anilines is 6. The Morgan fingerprint density at radius 2 is 0.458 bits per heavy atom. The van der Waals surface area contributed by atoms with Crippen LogP contribution < -0.4 is 40.9 Å². The van der Waals surface area contributed by atoms with Gasteiger partial charge in [-0.05, 0) is 261 Å². The quantitative estimate of drug-likeness (QED) is 0.0897. The van der Waals surface area contributed by atoms with Crippen LogP contribution in [0.15, 0.2) is 546 Å². The Labute approximate surface area is 840 Å². The molecule has 26 aromatic rings. The van der Waals surface area contributed by atoms with Crippen molar-refractivity contribution in [2.75, 3.05) is 9.80 Å². The van der Waals surface area contributed by atoms with Crippen LogP contribution in [0.3, 0.4) is 0 Å². The molecule has 0 saturated heterocycles. The molecule has 0 amide bonds. The number of hydrogen-bond acceptors (Lipinski definition) is 2. The SMILES string of the molecule is C[Si]1(C)c2ccccc2-c2cccc(-c3cc4c5ccccc5n(-c5ccccc5)c4cc3N(c3ccc(-c4cccc5ccccc45)cc3)c3ccc(-c4cccc5ccccc45)cc3)c21.c1ccc(-n2c3ccccc3c3cc(-c4ccc5c(c4)[Si](c4ccccc4)(c4ccccc4)c4ccccc4-5)c(N(c4ccc(-c5cccc6ccccc56)cc4)c4ccc(-c5cccc6ccccc56)cc4)cc32)cc1. The lowest BCUT2D eigenvalue weighted by Gasteiger charge is -2.32. The third-order valence-electron chi connectivity index (χ3n) is 30.6. The van der Waals surface area contributed by atoms with Crippen LogP contribution in [-0.4, -0.2) is 25.3 Å². The minimum Gasteiger partial charge on any atom is -0.310 e. The Morgan fingerprint density at radius 3 is 0.868 bits per heavy atom.